The van der Waals surface area contributed by atoms with Crippen molar-refractivity contribution in [1.82, 2.24) is 4.98 Å². The van der Waals surface area contributed by atoms with Crippen molar-refractivity contribution in [3.63, 3.8) is 0 Å². The smallest absolute Gasteiger partial charge is 0.0602 e. The fourth-order valence-electron chi connectivity index (χ4n) is 3.42. The quantitative estimate of drug-likeness (QED) is 0.402. The molecule has 0 fully saturated rings. The summed E-state index contributed by atoms with van der Waals surface area (Å²) in [4.78, 5) is 6.93. The van der Waals surface area contributed by atoms with Crippen LogP contribution >= 0.6 is 11.3 Å². The van der Waals surface area contributed by atoms with Crippen molar-refractivity contribution in [3.8, 4) is 0 Å². The Bertz CT molecular complexity index is 1040. The zero-order valence-electron chi connectivity index (χ0n) is 15.1. The van der Waals surface area contributed by atoms with Crippen molar-refractivity contribution >= 4 is 42.9 Å². The van der Waals surface area contributed by atoms with E-state index in [0.717, 1.165) is 11.4 Å². The number of hydrogen-bond acceptors (Lipinski definition) is 3. The number of aromatic nitrogens is 1. The summed E-state index contributed by atoms with van der Waals surface area (Å²) in [5.74, 6) is 0. The number of fused-ring (bicyclic) bond motifs is 3. The van der Waals surface area contributed by atoms with Crippen LogP contribution in [-0.4, -0.2) is 10.5 Å². The van der Waals surface area contributed by atoms with E-state index in [1.54, 1.807) is 0 Å². The fourth-order valence-corrected chi connectivity index (χ4v) is 4.55. The van der Waals surface area contributed by atoms with Crippen molar-refractivity contribution in [2.24, 2.45) is 0 Å². The molecule has 2 nitrogen and oxygen atoms in total. The van der Waals surface area contributed by atoms with Crippen LogP contribution in [0.5, 0.6) is 0 Å². The number of pyridine rings is 1. The van der Waals surface area contributed by atoms with E-state index < -0.39 is 0 Å². The zero-order valence-corrected chi connectivity index (χ0v) is 15.9. The zero-order chi connectivity index (χ0) is 17.6. The second-order valence-corrected chi connectivity index (χ2v) is 8.50. The average molecular weight is 346 g/mol. The molecule has 0 atom stereocenters. The van der Waals surface area contributed by atoms with E-state index >= 15 is 0 Å². The number of thiophene rings is 1. The predicted octanol–water partition coefficient (Wildman–Crippen LogP) is 6.69. The molecule has 0 saturated heterocycles. The lowest BCUT2D eigenvalue weighted by Crippen LogP contribution is -2.37. The van der Waals surface area contributed by atoms with Gasteiger partial charge in [0.15, 0.2) is 0 Å². The van der Waals surface area contributed by atoms with Crippen LogP contribution in [0.25, 0.3) is 20.2 Å². The summed E-state index contributed by atoms with van der Waals surface area (Å²) < 4.78 is 2.66. The minimum atomic E-state index is -0.0612. The van der Waals surface area contributed by atoms with Crippen LogP contribution in [0, 0.1) is 6.92 Å². The van der Waals surface area contributed by atoms with Gasteiger partial charge in [-0.15, -0.1) is 11.3 Å². The summed E-state index contributed by atoms with van der Waals surface area (Å²) in [5, 5.41) is 2.66. The van der Waals surface area contributed by atoms with E-state index in [-0.39, 0.29) is 5.54 Å². The van der Waals surface area contributed by atoms with Gasteiger partial charge in [-0.2, -0.15) is 0 Å². The second-order valence-electron chi connectivity index (χ2n) is 7.41. The summed E-state index contributed by atoms with van der Waals surface area (Å²) in [6.45, 7) is 8.78. The molecule has 4 rings (SSSR count). The van der Waals surface area contributed by atoms with Gasteiger partial charge < -0.3 is 4.90 Å². The first-order valence-electron chi connectivity index (χ1n) is 8.58. The molecular formula is C22H22N2S. The van der Waals surface area contributed by atoms with Crippen molar-refractivity contribution in [1.29, 1.82) is 0 Å². The summed E-state index contributed by atoms with van der Waals surface area (Å²) >= 11 is 1.86. The predicted molar refractivity (Wildman–Crippen MR) is 110 cm³/mol. The SMILES string of the molecule is Cc1ccc(N(c2cccc3sc4ccccc4c23)C(C)(C)C)cn1. The van der Waals surface area contributed by atoms with Crippen LogP contribution in [0.15, 0.2) is 60.8 Å². The molecule has 0 saturated carbocycles. The minimum absolute atomic E-state index is 0.0612. The maximum atomic E-state index is 4.53. The Balaban J connectivity index is 2.03. The molecule has 4 aromatic rings. The first-order valence-corrected chi connectivity index (χ1v) is 9.40. The van der Waals surface area contributed by atoms with E-state index in [1.165, 1.54) is 25.9 Å². The Kier molecular flexibility index (Phi) is 3.77. The molecule has 2 aromatic carbocycles. The molecule has 2 heterocycles. The number of anilines is 2. The van der Waals surface area contributed by atoms with Crippen molar-refractivity contribution in [2.75, 3.05) is 4.90 Å². The Labute approximate surface area is 152 Å². The Morgan fingerprint density at radius 2 is 1.64 bits per heavy atom. The standard InChI is InChI=1S/C22H22N2S/c1-15-12-13-16(14-23-15)24(22(2,3)4)18-9-7-11-20-21(18)17-8-5-6-10-19(17)25-20/h5-14H,1-4H3. The first kappa shape index (κ1) is 16.1. The summed E-state index contributed by atoms with van der Waals surface area (Å²) in [7, 11) is 0. The van der Waals surface area contributed by atoms with E-state index in [1.807, 2.05) is 24.5 Å². The van der Waals surface area contributed by atoms with Crippen LogP contribution in [0.4, 0.5) is 11.4 Å². The number of rotatable bonds is 2. The molecule has 126 valence electrons. The number of aryl methyl sites for hydroxylation is 1. The van der Waals surface area contributed by atoms with Gasteiger partial charge in [-0.25, -0.2) is 0 Å². The maximum absolute atomic E-state index is 4.53. The monoisotopic (exact) mass is 346 g/mol. The molecule has 0 aliphatic rings. The highest BCUT2D eigenvalue weighted by atomic mass is 32.1. The normalized spacial score (nSPS) is 12.0. The lowest BCUT2D eigenvalue weighted by Gasteiger charge is -2.38. The fraction of sp³-hybridized carbons (Fsp3) is 0.227. The second kappa shape index (κ2) is 5.85. The first-order chi connectivity index (χ1) is 11.9. The Morgan fingerprint density at radius 1 is 0.880 bits per heavy atom. The van der Waals surface area contributed by atoms with Crippen LogP contribution in [0.3, 0.4) is 0 Å². The largest absolute Gasteiger partial charge is 0.334 e. The van der Waals surface area contributed by atoms with E-state index in [4.69, 9.17) is 0 Å². The van der Waals surface area contributed by atoms with Gasteiger partial charge in [0.1, 0.15) is 0 Å². The molecule has 0 aliphatic heterocycles. The van der Waals surface area contributed by atoms with Gasteiger partial charge in [-0.1, -0.05) is 24.3 Å². The lowest BCUT2D eigenvalue weighted by molar-refractivity contribution is 0.561. The van der Waals surface area contributed by atoms with Gasteiger partial charge in [-0.05, 0) is 58.0 Å². The van der Waals surface area contributed by atoms with Crippen molar-refractivity contribution < 1.29 is 0 Å². The summed E-state index contributed by atoms with van der Waals surface area (Å²) in [5.41, 5.74) is 3.35. The molecule has 0 amide bonds. The average Bonchev–Trinajstić information content (AvgIpc) is 2.95. The molecule has 2 aromatic heterocycles. The van der Waals surface area contributed by atoms with Gasteiger partial charge in [-0.3, -0.25) is 4.98 Å². The highest BCUT2D eigenvalue weighted by Gasteiger charge is 2.26. The Hall–Kier alpha value is -2.39. The number of nitrogens with zero attached hydrogens (tertiary/aromatic N) is 2. The third kappa shape index (κ3) is 2.79. The van der Waals surface area contributed by atoms with E-state index in [2.05, 4.69) is 85.3 Å². The summed E-state index contributed by atoms with van der Waals surface area (Å²) in [6.07, 6.45) is 1.98. The molecule has 0 spiro atoms. The molecule has 3 heteroatoms. The maximum Gasteiger partial charge on any atom is 0.0602 e. The minimum Gasteiger partial charge on any atom is -0.334 e. The molecule has 25 heavy (non-hydrogen) atoms. The van der Waals surface area contributed by atoms with E-state index in [9.17, 15) is 0 Å². The highest BCUT2D eigenvalue weighted by molar-refractivity contribution is 7.25. The number of benzene rings is 2. The van der Waals surface area contributed by atoms with Crippen LogP contribution < -0.4 is 4.90 Å². The van der Waals surface area contributed by atoms with Crippen molar-refractivity contribution in [3.05, 3.63) is 66.5 Å². The topological polar surface area (TPSA) is 16.1 Å². The van der Waals surface area contributed by atoms with Gasteiger partial charge in [0.2, 0.25) is 0 Å². The van der Waals surface area contributed by atoms with Gasteiger partial charge >= 0.3 is 0 Å². The Morgan fingerprint density at radius 3 is 2.36 bits per heavy atom. The molecule has 0 bridgehead atoms. The van der Waals surface area contributed by atoms with Crippen LogP contribution in [0.1, 0.15) is 26.5 Å². The molecular weight excluding hydrogens is 324 g/mol. The van der Waals surface area contributed by atoms with Crippen molar-refractivity contribution in [2.45, 2.75) is 33.2 Å². The van der Waals surface area contributed by atoms with Crippen LogP contribution in [-0.2, 0) is 0 Å². The van der Waals surface area contributed by atoms with E-state index in [0.29, 0.717) is 0 Å². The molecule has 0 unspecified atom stereocenters. The lowest BCUT2D eigenvalue weighted by atomic mass is 10.0. The van der Waals surface area contributed by atoms with Gasteiger partial charge in [0, 0.05) is 31.4 Å². The van der Waals surface area contributed by atoms with Crippen LogP contribution in [0.2, 0.25) is 0 Å². The van der Waals surface area contributed by atoms with Gasteiger partial charge in [0.05, 0.1) is 17.6 Å². The highest BCUT2D eigenvalue weighted by Crippen LogP contribution is 2.43. The summed E-state index contributed by atoms with van der Waals surface area (Å²) in [6, 6.07) is 19.5. The molecule has 0 radical (unpaired) electrons. The molecule has 0 N–H and O–H groups in total. The number of hydrogen-bond donors (Lipinski definition) is 0. The van der Waals surface area contributed by atoms with Gasteiger partial charge in [0.25, 0.3) is 0 Å². The molecule has 0 aliphatic carbocycles. The third-order valence-electron chi connectivity index (χ3n) is 4.45. The third-order valence-corrected chi connectivity index (χ3v) is 5.58.